The minimum absolute atomic E-state index is 0.164. The van der Waals surface area contributed by atoms with Crippen molar-refractivity contribution in [3.8, 4) is 0 Å². The van der Waals surface area contributed by atoms with Crippen molar-refractivity contribution in [3.05, 3.63) is 48.0 Å². The number of hydrogen-bond donors (Lipinski definition) is 0. The topological polar surface area (TPSA) is 26.3 Å². The number of hydrogen-bond acceptors (Lipinski definition) is 2. The molecular weight excluding hydrogens is 164 g/mol. The van der Waals surface area contributed by atoms with Gasteiger partial charge >= 0.3 is 5.97 Å². The van der Waals surface area contributed by atoms with E-state index in [1.807, 2.05) is 18.2 Å². The third-order valence-corrected chi connectivity index (χ3v) is 2.18. The van der Waals surface area contributed by atoms with Gasteiger partial charge in [0.05, 0.1) is 5.56 Å². The predicted molar refractivity (Wildman–Crippen MR) is 49.5 cm³/mol. The summed E-state index contributed by atoms with van der Waals surface area (Å²) in [5.74, 6) is -0.244. The van der Waals surface area contributed by atoms with Crippen LogP contribution in [-0.2, 0) is 11.2 Å². The van der Waals surface area contributed by atoms with E-state index in [1.54, 1.807) is 12.1 Å². The van der Waals surface area contributed by atoms with Gasteiger partial charge in [0.1, 0.15) is 6.10 Å². The number of carbonyl (C=O) groups is 1. The van der Waals surface area contributed by atoms with E-state index in [0.29, 0.717) is 5.56 Å². The fraction of sp³-hybridized carbons (Fsp3) is 0.182. The summed E-state index contributed by atoms with van der Waals surface area (Å²) < 4.78 is 5.10. The lowest BCUT2D eigenvalue weighted by Crippen LogP contribution is -2.25. The molecule has 2 heteroatoms. The van der Waals surface area contributed by atoms with E-state index >= 15 is 0 Å². The van der Waals surface area contributed by atoms with Crippen LogP contribution in [0.15, 0.2) is 36.9 Å². The molecule has 0 aliphatic carbocycles. The summed E-state index contributed by atoms with van der Waals surface area (Å²) in [7, 11) is 0. The molecular formula is C11H10O2. The van der Waals surface area contributed by atoms with Crippen LogP contribution in [0.3, 0.4) is 0 Å². The molecule has 0 aromatic heterocycles. The summed E-state index contributed by atoms with van der Waals surface area (Å²) in [5.41, 5.74) is 1.73. The van der Waals surface area contributed by atoms with Crippen molar-refractivity contribution in [1.29, 1.82) is 0 Å². The second-order valence-electron chi connectivity index (χ2n) is 3.04. The Labute approximate surface area is 76.8 Å². The zero-order valence-corrected chi connectivity index (χ0v) is 7.19. The molecule has 0 spiro atoms. The Balaban J connectivity index is 2.42. The first-order valence-corrected chi connectivity index (χ1v) is 4.22. The SMILES string of the molecule is C=C[C@H]1Cc2ccccc2C(=O)O1. The fourth-order valence-corrected chi connectivity index (χ4v) is 1.49. The van der Waals surface area contributed by atoms with Crippen molar-refractivity contribution in [3.63, 3.8) is 0 Å². The van der Waals surface area contributed by atoms with Gasteiger partial charge in [-0.15, -0.1) is 0 Å². The fourth-order valence-electron chi connectivity index (χ4n) is 1.49. The molecule has 0 saturated carbocycles. The second kappa shape index (κ2) is 3.05. The maximum Gasteiger partial charge on any atom is 0.339 e. The molecule has 0 saturated heterocycles. The van der Waals surface area contributed by atoms with Crippen molar-refractivity contribution in [2.45, 2.75) is 12.5 Å². The van der Waals surface area contributed by atoms with Gasteiger partial charge in [-0.25, -0.2) is 4.79 Å². The Morgan fingerprint density at radius 1 is 1.46 bits per heavy atom. The summed E-state index contributed by atoms with van der Waals surface area (Å²) in [6.07, 6.45) is 2.24. The third-order valence-electron chi connectivity index (χ3n) is 2.18. The molecule has 1 aliphatic rings. The van der Waals surface area contributed by atoms with Crippen LogP contribution in [0.4, 0.5) is 0 Å². The van der Waals surface area contributed by atoms with Gasteiger partial charge in [-0.2, -0.15) is 0 Å². The molecule has 1 heterocycles. The Morgan fingerprint density at radius 3 is 3.00 bits per heavy atom. The van der Waals surface area contributed by atoms with Gasteiger partial charge < -0.3 is 4.74 Å². The van der Waals surface area contributed by atoms with Gasteiger partial charge in [0.15, 0.2) is 0 Å². The van der Waals surface area contributed by atoms with Crippen LogP contribution >= 0.6 is 0 Å². The monoisotopic (exact) mass is 174 g/mol. The van der Waals surface area contributed by atoms with Crippen LogP contribution in [0.2, 0.25) is 0 Å². The Morgan fingerprint density at radius 2 is 2.23 bits per heavy atom. The van der Waals surface area contributed by atoms with Gasteiger partial charge in [-0.05, 0) is 11.6 Å². The van der Waals surface area contributed by atoms with Crippen molar-refractivity contribution < 1.29 is 9.53 Å². The van der Waals surface area contributed by atoms with Gasteiger partial charge in [0.2, 0.25) is 0 Å². The molecule has 2 rings (SSSR count). The van der Waals surface area contributed by atoms with Gasteiger partial charge in [0.25, 0.3) is 0 Å². The van der Waals surface area contributed by atoms with Crippen LogP contribution in [-0.4, -0.2) is 12.1 Å². The normalized spacial score (nSPS) is 20.3. The van der Waals surface area contributed by atoms with Crippen LogP contribution in [0.25, 0.3) is 0 Å². The van der Waals surface area contributed by atoms with Crippen molar-refractivity contribution >= 4 is 5.97 Å². The molecule has 1 aromatic carbocycles. The zero-order valence-electron chi connectivity index (χ0n) is 7.19. The number of esters is 1. The lowest BCUT2D eigenvalue weighted by atomic mass is 9.99. The molecule has 0 amide bonds. The first-order chi connectivity index (χ1) is 6.31. The lowest BCUT2D eigenvalue weighted by Gasteiger charge is -2.21. The lowest BCUT2D eigenvalue weighted by molar-refractivity contribution is 0.0358. The summed E-state index contributed by atoms with van der Waals surface area (Å²) >= 11 is 0. The molecule has 0 N–H and O–H groups in total. The predicted octanol–water partition coefficient (Wildman–Crippen LogP) is 1.95. The average molecular weight is 174 g/mol. The molecule has 0 bridgehead atoms. The van der Waals surface area contributed by atoms with Crippen LogP contribution < -0.4 is 0 Å². The van der Waals surface area contributed by atoms with E-state index in [-0.39, 0.29) is 12.1 Å². The summed E-state index contributed by atoms with van der Waals surface area (Å²) in [6.45, 7) is 3.61. The van der Waals surface area contributed by atoms with Gasteiger partial charge in [-0.1, -0.05) is 30.9 Å². The first kappa shape index (κ1) is 8.05. The first-order valence-electron chi connectivity index (χ1n) is 4.22. The van der Waals surface area contributed by atoms with Gasteiger partial charge in [0, 0.05) is 6.42 Å². The van der Waals surface area contributed by atoms with Crippen LogP contribution in [0.5, 0.6) is 0 Å². The zero-order chi connectivity index (χ0) is 9.26. The maximum absolute atomic E-state index is 11.4. The Bertz CT molecular complexity index is 355. The molecule has 1 aromatic rings. The number of fused-ring (bicyclic) bond motifs is 1. The quantitative estimate of drug-likeness (QED) is 0.480. The van der Waals surface area contributed by atoms with E-state index in [2.05, 4.69) is 6.58 Å². The van der Waals surface area contributed by atoms with Crippen molar-refractivity contribution in [2.24, 2.45) is 0 Å². The highest BCUT2D eigenvalue weighted by Crippen LogP contribution is 2.20. The highest BCUT2D eigenvalue weighted by atomic mass is 16.5. The maximum atomic E-state index is 11.4. The number of cyclic esters (lactones) is 1. The minimum Gasteiger partial charge on any atom is -0.454 e. The third kappa shape index (κ3) is 1.35. The molecule has 66 valence electrons. The molecule has 1 atom stereocenters. The summed E-state index contributed by atoms with van der Waals surface area (Å²) in [5, 5.41) is 0. The van der Waals surface area contributed by atoms with E-state index in [1.165, 1.54) is 0 Å². The second-order valence-corrected chi connectivity index (χ2v) is 3.04. The number of carbonyl (C=O) groups excluding carboxylic acids is 1. The molecule has 13 heavy (non-hydrogen) atoms. The number of benzene rings is 1. The smallest absolute Gasteiger partial charge is 0.339 e. The molecule has 2 nitrogen and oxygen atoms in total. The number of rotatable bonds is 1. The Hall–Kier alpha value is -1.57. The summed E-state index contributed by atoms with van der Waals surface area (Å²) in [6, 6.07) is 7.51. The van der Waals surface area contributed by atoms with Crippen LogP contribution in [0, 0.1) is 0 Å². The number of ether oxygens (including phenoxy) is 1. The minimum atomic E-state index is -0.244. The van der Waals surface area contributed by atoms with E-state index in [9.17, 15) is 4.79 Å². The summed E-state index contributed by atoms with van der Waals surface area (Å²) in [4.78, 5) is 11.4. The molecule has 1 aliphatic heterocycles. The van der Waals surface area contributed by atoms with Crippen molar-refractivity contribution in [1.82, 2.24) is 0 Å². The van der Waals surface area contributed by atoms with Crippen LogP contribution in [0.1, 0.15) is 15.9 Å². The van der Waals surface area contributed by atoms with Gasteiger partial charge in [-0.3, -0.25) is 0 Å². The molecule has 0 fully saturated rings. The van der Waals surface area contributed by atoms with E-state index < -0.39 is 0 Å². The highest BCUT2D eigenvalue weighted by molar-refractivity contribution is 5.92. The molecule has 0 unspecified atom stereocenters. The largest absolute Gasteiger partial charge is 0.454 e. The van der Waals surface area contributed by atoms with Crippen molar-refractivity contribution in [2.75, 3.05) is 0 Å². The Kier molecular flexibility index (Phi) is 1.89. The van der Waals surface area contributed by atoms with E-state index in [0.717, 1.165) is 12.0 Å². The highest BCUT2D eigenvalue weighted by Gasteiger charge is 2.23. The molecule has 0 radical (unpaired) electrons. The average Bonchev–Trinajstić information content (AvgIpc) is 2.18. The van der Waals surface area contributed by atoms with E-state index in [4.69, 9.17) is 4.74 Å². The standard InChI is InChI=1S/C11H10O2/c1-2-9-7-8-5-3-4-6-10(8)11(12)13-9/h2-6,9H,1,7H2/t9-/m0/s1.